The van der Waals surface area contributed by atoms with Crippen LogP contribution in [-0.4, -0.2) is 46.5 Å². The molecule has 1 unspecified atom stereocenters. The number of aliphatic hydroxyl groups is 1. The van der Waals surface area contributed by atoms with Crippen molar-refractivity contribution in [3.05, 3.63) is 11.9 Å². The Balaban J connectivity index is 2.40. The fourth-order valence-corrected chi connectivity index (χ4v) is 3.58. The van der Waals surface area contributed by atoms with Crippen LogP contribution in [0.25, 0.3) is 0 Å². The summed E-state index contributed by atoms with van der Waals surface area (Å²) in [6.45, 7) is 2.92. The molecule has 1 saturated carbocycles. The second-order valence-corrected chi connectivity index (χ2v) is 6.28. The van der Waals surface area contributed by atoms with Crippen molar-refractivity contribution in [2.45, 2.75) is 63.6 Å². The number of aryl methyl sites for hydroxylation is 1. The van der Waals surface area contributed by atoms with Gasteiger partial charge in [0.2, 0.25) is 0 Å². The van der Waals surface area contributed by atoms with Gasteiger partial charge in [0.15, 0.2) is 5.75 Å². The summed E-state index contributed by atoms with van der Waals surface area (Å²) in [5.74, 6) is 0.697. The van der Waals surface area contributed by atoms with Crippen LogP contribution in [0.5, 0.6) is 5.75 Å². The van der Waals surface area contributed by atoms with Crippen LogP contribution >= 0.6 is 0 Å². The highest BCUT2D eigenvalue weighted by atomic mass is 16.5. The van der Waals surface area contributed by atoms with Crippen molar-refractivity contribution in [1.29, 1.82) is 0 Å². The van der Waals surface area contributed by atoms with Crippen molar-refractivity contribution in [2.75, 3.05) is 21.2 Å². The maximum atomic E-state index is 11.2. The first-order valence-corrected chi connectivity index (χ1v) is 8.02. The molecule has 1 fully saturated rings. The minimum absolute atomic E-state index is 0.211. The van der Waals surface area contributed by atoms with Crippen molar-refractivity contribution < 1.29 is 9.84 Å². The molecule has 0 radical (unpaired) electrons. The molecule has 1 heterocycles. The Bertz CT molecular complexity index is 450. The molecule has 1 aromatic heterocycles. The smallest absolute Gasteiger partial charge is 0.162 e. The molecule has 0 saturated heterocycles. The van der Waals surface area contributed by atoms with Gasteiger partial charge >= 0.3 is 0 Å². The summed E-state index contributed by atoms with van der Waals surface area (Å²) in [4.78, 5) is 2.19. The van der Waals surface area contributed by atoms with Crippen molar-refractivity contribution in [3.63, 3.8) is 0 Å². The zero-order valence-corrected chi connectivity index (χ0v) is 13.8. The Morgan fingerprint density at radius 1 is 1.38 bits per heavy atom. The third-order valence-electron chi connectivity index (χ3n) is 4.88. The fourth-order valence-electron chi connectivity index (χ4n) is 3.58. The second kappa shape index (κ2) is 6.79. The van der Waals surface area contributed by atoms with E-state index >= 15 is 0 Å². The topological polar surface area (TPSA) is 50.5 Å². The minimum Gasteiger partial charge on any atom is -0.493 e. The molecular formula is C16H29N3O2. The second-order valence-electron chi connectivity index (χ2n) is 6.28. The van der Waals surface area contributed by atoms with Crippen molar-refractivity contribution in [3.8, 4) is 5.75 Å². The van der Waals surface area contributed by atoms with Crippen LogP contribution in [0.4, 0.5) is 0 Å². The van der Waals surface area contributed by atoms with E-state index in [1.54, 1.807) is 13.3 Å². The third-order valence-corrected chi connectivity index (χ3v) is 4.88. The fraction of sp³-hybridized carbons (Fsp3) is 0.812. The van der Waals surface area contributed by atoms with E-state index in [0.717, 1.165) is 31.5 Å². The van der Waals surface area contributed by atoms with Gasteiger partial charge in [0.1, 0.15) is 11.8 Å². The summed E-state index contributed by atoms with van der Waals surface area (Å²) in [6, 6.07) is 0. The SMILES string of the molecule is CCCn1ncc(OC)c1C(O)C1(N(C)C)CCCCC1. The highest BCUT2D eigenvalue weighted by molar-refractivity contribution is 5.30. The van der Waals surface area contributed by atoms with E-state index in [4.69, 9.17) is 4.74 Å². The summed E-state index contributed by atoms with van der Waals surface area (Å²) >= 11 is 0. The molecule has 0 aromatic carbocycles. The zero-order chi connectivity index (χ0) is 15.5. The van der Waals surface area contributed by atoms with Gasteiger partial charge in [-0.2, -0.15) is 5.10 Å². The lowest BCUT2D eigenvalue weighted by Crippen LogP contribution is -2.51. The molecule has 5 nitrogen and oxygen atoms in total. The lowest BCUT2D eigenvalue weighted by molar-refractivity contribution is -0.0389. The van der Waals surface area contributed by atoms with E-state index in [-0.39, 0.29) is 5.54 Å². The number of rotatable bonds is 6. The molecule has 0 aliphatic heterocycles. The summed E-state index contributed by atoms with van der Waals surface area (Å²) in [5.41, 5.74) is 0.617. The summed E-state index contributed by atoms with van der Waals surface area (Å²) in [7, 11) is 5.79. The summed E-state index contributed by atoms with van der Waals surface area (Å²) in [5, 5.41) is 15.6. The predicted molar refractivity (Wildman–Crippen MR) is 83.5 cm³/mol. The molecule has 1 N–H and O–H groups in total. The van der Waals surface area contributed by atoms with Crippen LogP contribution in [-0.2, 0) is 6.54 Å². The Hall–Kier alpha value is -1.07. The standard InChI is InChI=1S/C16H29N3O2/c1-5-11-19-14(13(21-4)12-17-19)15(20)16(18(2)3)9-7-6-8-10-16/h12,15,20H,5-11H2,1-4H3. The lowest BCUT2D eigenvalue weighted by Gasteiger charge is -2.46. The number of ether oxygens (including phenoxy) is 1. The van der Waals surface area contributed by atoms with Crippen LogP contribution in [0.1, 0.15) is 57.2 Å². The van der Waals surface area contributed by atoms with Gasteiger partial charge < -0.3 is 14.7 Å². The normalized spacial score (nSPS) is 19.7. The Labute approximate surface area is 127 Å². The molecule has 21 heavy (non-hydrogen) atoms. The van der Waals surface area contributed by atoms with Gasteiger partial charge in [-0.05, 0) is 33.4 Å². The Morgan fingerprint density at radius 3 is 2.57 bits per heavy atom. The van der Waals surface area contributed by atoms with E-state index in [1.165, 1.54) is 19.3 Å². The van der Waals surface area contributed by atoms with E-state index in [9.17, 15) is 5.11 Å². The average Bonchev–Trinajstić information content (AvgIpc) is 2.90. The van der Waals surface area contributed by atoms with Gasteiger partial charge in [-0.25, -0.2) is 0 Å². The maximum Gasteiger partial charge on any atom is 0.162 e. The van der Waals surface area contributed by atoms with Crippen LogP contribution in [0, 0.1) is 0 Å². The monoisotopic (exact) mass is 295 g/mol. The number of likely N-dealkylation sites (N-methyl/N-ethyl adjacent to an activating group) is 1. The molecule has 5 heteroatoms. The number of methoxy groups -OCH3 is 1. The summed E-state index contributed by atoms with van der Waals surface area (Å²) < 4.78 is 7.35. The molecule has 1 aliphatic carbocycles. The molecule has 1 aliphatic rings. The molecule has 0 spiro atoms. The average molecular weight is 295 g/mol. The Kier molecular flexibility index (Phi) is 5.27. The first-order valence-electron chi connectivity index (χ1n) is 8.02. The van der Waals surface area contributed by atoms with Crippen LogP contribution in [0.3, 0.4) is 0 Å². The van der Waals surface area contributed by atoms with E-state index in [1.807, 2.05) is 4.68 Å². The van der Waals surface area contributed by atoms with E-state index in [2.05, 4.69) is 31.0 Å². The van der Waals surface area contributed by atoms with Crippen molar-refractivity contribution >= 4 is 0 Å². The molecule has 0 bridgehead atoms. The highest BCUT2D eigenvalue weighted by Crippen LogP contribution is 2.44. The molecule has 1 atom stereocenters. The van der Waals surface area contributed by atoms with Gasteiger partial charge in [-0.15, -0.1) is 0 Å². The third kappa shape index (κ3) is 2.94. The lowest BCUT2D eigenvalue weighted by atomic mass is 9.75. The number of hydrogen-bond donors (Lipinski definition) is 1. The van der Waals surface area contributed by atoms with E-state index in [0.29, 0.717) is 5.75 Å². The largest absolute Gasteiger partial charge is 0.493 e. The highest BCUT2D eigenvalue weighted by Gasteiger charge is 2.44. The first kappa shape index (κ1) is 16.3. The number of aliphatic hydroxyl groups excluding tert-OH is 1. The van der Waals surface area contributed by atoms with Crippen LogP contribution in [0.2, 0.25) is 0 Å². The number of aromatic nitrogens is 2. The van der Waals surface area contributed by atoms with Gasteiger partial charge in [-0.1, -0.05) is 26.2 Å². The molecule has 1 aromatic rings. The summed E-state index contributed by atoms with van der Waals surface area (Å²) in [6.07, 6.45) is 7.76. The molecular weight excluding hydrogens is 266 g/mol. The minimum atomic E-state index is -0.572. The quantitative estimate of drug-likeness (QED) is 0.876. The van der Waals surface area contributed by atoms with Gasteiger partial charge in [-0.3, -0.25) is 4.68 Å². The number of nitrogens with zero attached hydrogens (tertiary/aromatic N) is 3. The molecule has 0 amide bonds. The van der Waals surface area contributed by atoms with Crippen LogP contribution < -0.4 is 4.74 Å². The Morgan fingerprint density at radius 2 is 2.05 bits per heavy atom. The van der Waals surface area contributed by atoms with E-state index < -0.39 is 6.10 Å². The van der Waals surface area contributed by atoms with Crippen molar-refractivity contribution in [1.82, 2.24) is 14.7 Å². The van der Waals surface area contributed by atoms with Crippen molar-refractivity contribution in [2.24, 2.45) is 0 Å². The van der Waals surface area contributed by atoms with Crippen LogP contribution in [0.15, 0.2) is 6.20 Å². The van der Waals surface area contributed by atoms with Gasteiger partial charge in [0.05, 0.1) is 18.8 Å². The predicted octanol–water partition coefficient (Wildman–Crippen LogP) is 2.60. The molecule has 2 rings (SSSR count). The van der Waals surface area contributed by atoms with Gasteiger partial charge in [0, 0.05) is 6.54 Å². The number of hydrogen-bond acceptors (Lipinski definition) is 4. The van der Waals surface area contributed by atoms with Gasteiger partial charge in [0.25, 0.3) is 0 Å². The zero-order valence-electron chi connectivity index (χ0n) is 13.8. The first-order chi connectivity index (χ1) is 10.1. The molecule has 120 valence electrons. The maximum absolute atomic E-state index is 11.2.